The number of nitrogens with zero attached hydrogens (tertiary/aromatic N) is 2. The van der Waals surface area contributed by atoms with Crippen molar-refractivity contribution in [1.82, 2.24) is 4.90 Å². The molecule has 186 valence electrons. The van der Waals surface area contributed by atoms with Crippen molar-refractivity contribution >= 4 is 46.8 Å². The van der Waals surface area contributed by atoms with Gasteiger partial charge >= 0.3 is 5.97 Å². The van der Waals surface area contributed by atoms with Crippen LogP contribution in [0.2, 0.25) is 5.02 Å². The molecule has 7 nitrogen and oxygen atoms in total. The normalized spacial score (nSPS) is 34.2. The van der Waals surface area contributed by atoms with E-state index in [4.69, 9.17) is 16.3 Å². The summed E-state index contributed by atoms with van der Waals surface area (Å²) in [7, 11) is 0. The molecule has 1 spiro atoms. The highest BCUT2D eigenvalue weighted by Crippen LogP contribution is 2.65. The molecule has 4 heterocycles. The minimum absolute atomic E-state index is 0.107. The van der Waals surface area contributed by atoms with Crippen molar-refractivity contribution in [3.05, 3.63) is 53.1 Å². The van der Waals surface area contributed by atoms with Crippen LogP contribution in [-0.4, -0.2) is 69.6 Å². The topological polar surface area (TPSA) is 87.2 Å². The molecular formula is C26H29ClN2O5S. The maximum absolute atomic E-state index is 14.3. The Kier molecular flexibility index (Phi) is 6.26. The number of carbonyl (C=O) groups excluding carboxylic acids is 3. The van der Waals surface area contributed by atoms with Gasteiger partial charge in [0.15, 0.2) is 0 Å². The highest BCUT2D eigenvalue weighted by Gasteiger charge is 2.73. The zero-order valence-electron chi connectivity index (χ0n) is 19.8. The SMILES string of the molecule is Cc1cccc(Cl)c1N1CC=C[C@]23S[C@@]4(C)C=CCCOC(=O)[C@H]4[C@H]2C(=O)N(CCCO)C3C1=O. The molecule has 2 fully saturated rings. The summed E-state index contributed by atoms with van der Waals surface area (Å²) in [5, 5.41) is 9.98. The first-order valence-electron chi connectivity index (χ1n) is 12.0. The van der Waals surface area contributed by atoms with Gasteiger partial charge in [-0.3, -0.25) is 14.4 Å². The fourth-order valence-electron chi connectivity index (χ4n) is 6.13. The predicted octanol–water partition coefficient (Wildman–Crippen LogP) is 3.12. The molecule has 1 N–H and O–H groups in total. The second kappa shape index (κ2) is 8.98. The Morgan fingerprint density at radius 2 is 1.97 bits per heavy atom. The Morgan fingerprint density at radius 3 is 2.71 bits per heavy atom. The van der Waals surface area contributed by atoms with Gasteiger partial charge in [-0.1, -0.05) is 48.0 Å². The summed E-state index contributed by atoms with van der Waals surface area (Å²) in [6.07, 6.45) is 8.84. The van der Waals surface area contributed by atoms with Gasteiger partial charge in [0.05, 0.1) is 33.9 Å². The molecule has 0 saturated carbocycles. The zero-order chi connectivity index (χ0) is 25.0. The first kappa shape index (κ1) is 24.4. The number of thioether (sulfide) groups is 1. The summed E-state index contributed by atoms with van der Waals surface area (Å²) < 4.78 is 3.90. The van der Waals surface area contributed by atoms with Gasteiger partial charge in [0.25, 0.3) is 5.91 Å². The summed E-state index contributed by atoms with van der Waals surface area (Å²) in [6.45, 7) is 4.55. The van der Waals surface area contributed by atoms with Gasteiger partial charge in [-0.2, -0.15) is 0 Å². The minimum Gasteiger partial charge on any atom is -0.465 e. The average molecular weight is 517 g/mol. The van der Waals surface area contributed by atoms with Crippen LogP contribution in [0.15, 0.2) is 42.5 Å². The molecule has 35 heavy (non-hydrogen) atoms. The number of cyclic esters (lactones) is 1. The highest BCUT2D eigenvalue weighted by atomic mass is 35.5. The van der Waals surface area contributed by atoms with Crippen LogP contribution in [-0.2, 0) is 19.1 Å². The number of esters is 1. The molecule has 0 aliphatic carbocycles. The second-order valence-electron chi connectivity index (χ2n) is 9.72. The third-order valence-corrected chi connectivity index (χ3v) is 9.64. The number of para-hydroxylation sites is 1. The van der Waals surface area contributed by atoms with Crippen molar-refractivity contribution < 1.29 is 24.2 Å². The number of aliphatic hydroxyl groups excluding tert-OH is 1. The van der Waals surface area contributed by atoms with Crippen molar-refractivity contribution in [2.75, 3.05) is 31.2 Å². The predicted molar refractivity (Wildman–Crippen MR) is 135 cm³/mol. The van der Waals surface area contributed by atoms with Gasteiger partial charge in [-0.15, -0.1) is 11.8 Å². The van der Waals surface area contributed by atoms with E-state index in [1.807, 2.05) is 50.3 Å². The third kappa shape index (κ3) is 3.64. The van der Waals surface area contributed by atoms with Crippen LogP contribution >= 0.6 is 23.4 Å². The van der Waals surface area contributed by atoms with Crippen molar-refractivity contribution in [2.24, 2.45) is 11.8 Å². The van der Waals surface area contributed by atoms with E-state index >= 15 is 0 Å². The van der Waals surface area contributed by atoms with Crippen LogP contribution in [0.1, 0.15) is 25.3 Å². The fraction of sp³-hybridized carbons (Fsp3) is 0.500. The van der Waals surface area contributed by atoms with Crippen LogP contribution in [0.5, 0.6) is 0 Å². The van der Waals surface area contributed by atoms with Crippen LogP contribution in [0, 0.1) is 18.8 Å². The quantitative estimate of drug-likeness (QED) is 0.489. The molecular weight excluding hydrogens is 488 g/mol. The zero-order valence-corrected chi connectivity index (χ0v) is 21.3. The molecule has 0 bridgehead atoms. The van der Waals surface area contributed by atoms with Crippen molar-refractivity contribution in [3.63, 3.8) is 0 Å². The Labute approximate surface area is 214 Å². The van der Waals surface area contributed by atoms with Crippen LogP contribution in [0.4, 0.5) is 5.69 Å². The number of aryl methyl sites for hydroxylation is 1. The molecule has 5 atom stereocenters. The largest absolute Gasteiger partial charge is 0.465 e. The van der Waals surface area contributed by atoms with E-state index in [0.29, 0.717) is 30.1 Å². The monoisotopic (exact) mass is 516 g/mol. The average Bonchev–Trinajstić information content (AvgIpc) is 3.12. The molecule has 2 amide bonds. The standard InChI is InChI=1S/C26H29ClN2O5S/c1-16-8-5-9-17(27)20(16)28-12-6-11-26-18(22(31)29(13-7-14-30)21(26)23(28)32)19-24(33)34-15-4-3-10-25(19,2)35-26/h3,5-6,8-11,18-19,21,30H,4,7,12-15H2,1-2H3/t18-,19+,21?,25-,26-/m0/s1. The van der Waals surface area contributed by atoms with Crippen molar-refractivity contribution in [2.45, 2.75) is 42.2 Å². The maximum atomic E-state index is 14.3. The highest BCUT2D eigenvalue weighted by molar-refractivity contribution is 8.02. The first-order valence-corrected chi connectivity index (χ1v) is 13.1. The number of hydrogen-bond acceptors (Lipinski definition) is 6. The number of amides is 2. The Hall–Kier alpha value is -2.29. The second-order valence-corrected chi connectivity index (χ2v) is 11.9. The molecule has 5 rings (SSSR count). The maximum Gasteiger partial charge on any atom is 0.311 e. The number of aliphatic hydroxyl groups is 1. The van der Waals surface area contributed by atoms with Gasteiger partial charge < -0.3 is 19.6 Å². The molecule has 4 aliphatic heterocycles. The molecule has 0 radical (unpaired) electrons. The van der Waals surface area contributed by atoms with Crippen LogP contribution < -0.4 is 4.90 Å². The molecule has 1 aromatic rings. The smallest absolute Gasteiger partial charge is 0.311 e. The van der Waals surface area contributed by atoms with Crippen molar-refractivity contribution in [3.8, 4) is 0 Å². The first-order chi connectivity index (χ1) is 16.7. The Bertz CT molecular complexity index is 1120. The van der Waals surface area contributed by atoms with Gasteiger partial charge in [0, 0.05) is 24.4 Å². The number of hydrogen-bond donors (Lipinski definition) is 1. The summed E-state index contributed by atoms with van der Waals surface area (Å²) in [5.74, 6) is -2.34. The van der Waals surface area contributed by atoms with E-state index in [9.17, 15) is 19.5 Å². The van der Waals surface area contributed by atoms with E-state index in [-0.39, 0.29) is 31.6 Å². The summed E-state index contributed by atoms with van der Waals surface area (Å²) in [4.78, 5) is 44.8. The number of halogens is 1. The number of rotatable bonds is 4. The number of carbonyl (C=O) groups is 3. The lowest BCUT2D eigenvalue weighted by Crippen LogP contribution is -2.53. The van der Waals surface area contributed by atoms with E-state index < -0.39 is 33.3 Å². The lowest BCUT2D eigenvalue weighted by atomic mass is 9.74. The Balaban J connectivity index is 1.66. The van der Waals surface area contributed by atoms with E-state index in [1.54, 1.807) is 15.9 Å². The number of ether oxygens (including phenoxy) is 1. The van der Waals surface area contributed by atoms with E-state index in [2.05, 4.69) is 0 Å². The van der Waals surface area contributed by atoms with Crippen molar-refractivity contribution in [1.29, 1.82) is 0 Å². The summed E-state index contributed by atoms with van der Waals surface area (Å²) in [6, 6.07) is 4.66. The number of likely N-dealkylation sites (tertiary alicyclic amines) is 1. The number of fused-ring (bicyclic) bond motifs is 2. The number of benzene rings is 1. The molecule has 2 saturated heterocycles. The van der Waals surface area contributed by atoms with Gasteiger partial charge in [0.2, 0.25) is 5.91 Å². The van der Waals surface area contributed by atoms with Crippen LogP contribution in [0.25, 0.3) is 0 Å². The molecule has 4 aliphatic rings. The molecule has 0 aromatic heterocycles. The van der Waals surface area contributed by atoms with Crippen LogP contribution in [0.3, 0.4) is 0 Å². The molecule has 9 heteroatoms. The lowest BCUT2D eigenvalue weighted by molar-refractivity contribution is -0.154. The fourth-order valence-corrected chi connectivity index (χ4v) is 8.61. The minimum atomic E-state index is -0.944. The summed E-state index contributed by atoms with van der Waals surface area (Å²) in [5.41, 5.74) is 1.48. The van der Waals surface area contributed by atoms with Gasteiger partial charge in [-0.25, -0.2) is 0 Å². The lowest BCUT2D eigenvalue weighted by Gasteiger charge is -2.37. The van der Waals surface area contributed by atoms with E-state index in [1.165, 1.54) is 11.8 Å². The van der Waals surface area contributed by atoms with E-state index in [0.717, 1.165) is 5.56 Å². The number of anilines is 1. The third-order valence-electron chi connectivity index (χ3n) is 7.54. The Morgan fingerprint density at radius 1 is 1.17 bits per heavy atom. The molecule has 1 unspecified atom stereocenters. The molecule has 1 aromatic carbocycles. The summed E-state index contributed by atoms with van der Waals surface area (Å²) >= 11 is 8.06. The van der Waals surface area contributed by atoms with Gasteiger partial charge in [-0.05, 0) is 38.3 Å². The van der Waals surface area contributed by atoms with Gasteiger partial charge in [0.1, 0.15) is 6.04 Å².